The van der Waals surface area contributed by atoms with Gasteiger partial charge in [0, 0.05) is 19.2 Å². The van der Waals surface area contributed by atoms with Crippen LogP contribution in [0, 0.1) is 10.1 Å². The summed E-state index contributed by atoms with van der Waals surface area (Å²) in [7, 11) is 1.77. The minimum Gasteiger partial charge on any atom is -0.358 e. The maximum atomic E-state index is 11.4. The van der Waals surface area contributed by atoms with Crippen molar-refractivity contribution < 1.29 is 9.72 Å². The number of aromatic nitrogens is 1. The topological polar surface area (TPSA) is 100 Å². The van der Waals surface area contributed by atoms with E-state index >= 15 is 0 Å². The summed E-state index contributed by atoms with van der Waals surface area (Å²) in [6.07, 6.45) is 0. The molecule has 1 amide bonds. The van der Waals surface area contributed by atoms with Crippen molar-refractivity contribution in [3.8, 4) is 0 Å². The number of hydrogen-bond donors (Lipinski definition) is 3. The van der Waals surface area contributed by atoms with E-state index in [1.165, 1.54) is 12.1 Å². The van der Waals surface area contributed by atoms with Gasteiger partial charge in [-0.3, -0.25) is 4.79 Å². The van der Waals surface area contributed by atoms with Crippen molar-refractivity contribution in [2.75, 3.05) is 20.1 Å². The van der Waals surface area contributed by atoms with E-state index in [1.54, 1.807) is 7.05 Å². The van der Waals surface area contributed by atoms with Crippen LogP contribution in [-0.4, -0.2) is 36.0 Å². The predicted molar refractivity (Wildman–Crippen MR) is 61.0 cm³/mol. The van der Waals surface area contributed by atoms with Gasteiger partial charge in [-0.15, -0.1) is 12.4 Å². The molecule has 0 unspecified atom stereocenters. The van der Waals surface area contributed by atoms with E-state index in [1.807, 2.05) is 0 Å². The van der Waals surface area contributed by atoms with Crippen LogP contribution in [0.2, 0.25) is 0 Å². The van der Waals surface area contributed by atoms with Crippen LogP contribution < -0.4 is 10.6 Å². The monoisotopic (exact) mass is 248 g/mol. The molecule has 0 aliphatic carbocycles. The zero-order valence-corrected chi connectivity index (χ0v) is 9.47. The van der Waals surface area contributed by atoms with Crippen molar-refractivity contribution in [2.24, 2.45) is 0 Å². The molecule has 1 aromatic heterocycles. The lowest BCUT2D eigenvalue weighted by molar-refractivity contribution is -0.389. The zero-order valence-electron chi connectivity index (χ0n) is 8.65. The predicted octanol–water partition coefficient (Wildman–Crippen LogP) is 0.294. The molecule has 0 atom stereocenters. The number of halogens is 1. The average Bonchev–Trinajstić information content (AvgIpc) is 2.66. The fraction of sp³-hybridized carbons (Fsp3) is 0.375. The summed E-state index contributed by atoms with van der Waals surface area (Å²) in [6, 6.07) is 2.64. The second-order valence-corrected chi connectivity index (χ2v) is 2.87. The van der Waals surface area contributed by atoms with Gasteiger partial charge in [0.1, 0.15) is 0 Å². The molecule has 0 aliphatic rings. The van der Waals surface area contributed by atoms with Gasteiger partial charge < -0.3 is 20.7 Å². The molecule has 0 bridgehead atoms. The Bertz CT molecular complexity index is 366. The lowest BCUT2D eigenvalue weighted by atomic mass is 10.4. The Morgan fingerprint density at radius 2 is 2.19 bits per heavy atom. The molecular weight excluding hydrogens is 236 g/mol. The van der Waals surface area contributed by atoms with E-state index in [2.05, 4.69) is 15.6 Å². The number of aromatic amines is 1. The summed E-state index contributed by atoms with van der Waals surface area (Å²) in [4.78, 5) is 23.5. The van der Waals surface area contributed by atoms with Crippen molar-refractivity contribution in [2.45, 2.75) is 0 Å². The van der Waals surface area contributed by atoms with Crippen molar-refractivity contribution in [1.82, 2.24) is 15.6 Å². The van der Waals surface area contributed by atoms with E-state index in [0.29, 0.717) is 13.1 Å². The van der Waals surface area contributed by atoms with Gasteiger partial charge in [-0.2, -0.15) is 0 Å². The van der Waals surface area contributed by atoms with Crippen molar-refractivity contribution in [3.05, 3.63) is 27.9 Å². The van der Waals surface area contributed by atoms with Gasteiger partial charge in [-0.05, 0) is 18.0 Å². The number of carbonyl (C=O) groups is 1. The van der Waals surface area contributed by atoms with Crippen LogP contribution in [0.4, 0.5) is 5.82 Å². The third-order valence-corrected chi connectivity index (χ3v) is 1.77. The summed E-state index contributed by atoms with van der Waals surface area (Å²) in [5, 5.41) is 15.8. The van der Waals surface area contributed by atoms with Crippen molar-refractivity contribution >= 4 is 24.1 Å². The SMILES string of the molecule is CNCCNC(=O)c1ccc([N+](=O)[O-])[nH]1.Cl. The minimum absolute atomic E-state index is 0. The number of nitrogens with one attached hydrogen (secondary N) is 3. The molecule has 1 rings (SSSR count). The second-order valence-electron chi connectivity index (χ2n) is 2.87. The van der Waals surface area contributed by atoms with E-state index in [0.717, 1.165) is 0 Å². The fourth-order valence-electron chi connectivity index (χ4n) is 1.02. The maximum absolute atomic E-state index is 11.4. The Labute approximate surface area is 98.2 Å². The molecule has 90 valence electrons. The van der Waals surface area contributed by atoms with Gasteiger partial charge in [-0.1, -0.05) is 0 Å². The molecule has 1 aromatic rings. The number of nitrogens with zero attached hydrogens (tertiary/aromatic N) is 1. The summed E-state index contributed by atoms with van der Waals surface area (Å²) < 4.78 is 0. The van der Waals surface area contributed by atoms with Crippen LogP contribution in [0.5, 0.6) is 0 Å². The zero-order chi connectivity index (χ0) is 11.3. The highest BCUT2D eigenvalue weighted by Crippen LogP contribution is 2.09. The third kappa shape index (κ3) is 3.87. The lowest BCUT2D eigenvalue weighted by Crippen LogP contribution is -2.30. The molecule has 0 fully saturated rings. The Morgan fingerprint density at radius 1 is 1.50 bits per heavy atom. The van der Waals surface area contributed by atoms with Gasteiger partial charge in [0.15, 0.2) is 5.69 Å². The molecular formula is C8H13ClN4O3. The summed E-state index contributed by atoms with van der Waals surface area (Å²) in [6.45, 7) is 1.12. The highest BCUT2D eigenvalue weighted by atomic mass is 35.5. The van der Waals surface area contributed by atoms with Crippen LogP contribution in [0.25, 0.3) is 0 Å². The fourth-order valence-corrected chi connectivity index (χ4v) is 1.02. The van der Waals surface area contributed by atoms with Gasteiger partial charge in [-0.25, -0.2) is 4.98 Å². The molecule has 1 heterocycles. The van der Waals surface area contributed by atoms with E-state index < -0.39 is 4.92 Å². The quantitative estimate of drug-likeness (QED) is 0.396. The molecule has 0 saturated carbocycles. The van der Waals surface area contributed by atoms with Crippen LogP contribution in [0.1, 0.15) is 10.5 Å². The first kappa shape index (κ1) is 14.4. The Hall–Kier alpha value is -1.60. The molecule has 0 aromatic carbocycles. The second kappa shape index (κ2) is 6.81. The first-order chi connectivity index (χ1) is 7.15. The highest BCUT2D eigenvalue weighted by Gasteiger charge is 2.14. The van der Waals surface area contributed by atoms with E-state index in [-0.39, 0.29) is 29.8 Å². The molecule has 7 nitrogen and oxygen atoms in total. The molecule has 3 N–H and O–H groups in total. The maximum Gasteiger partial charge on any atom is 0.321 e. The van der Waals surface area contributed by atoms with Crippen LogP contribution in [-0.2, 0) is 0 Å². The van der Waals surface area contributed by atoms with Crippen molar-refractivity contribution in [3.63, 3.8) is 0 Å². The molecule has 16 heavy (non-hydrogen) atoms. The molecule has 0 aliphatic heterocycles. The standard InChI is InChI=1S/C8H12N4O3.ClH/c1-9-4-5-10-8(13)6-2-3-7(11-6)12(14)15;/h2-3,9,11H,4-5H2,1H3,(H,10,13);1H. The van der Waals surface area contributed by atoms with Crippen molar-refractivity contribution in [1.29, 1.82) is 0 Å². The number of amides is 1. The first-order valence-electron chi connectivity index (χ1n) is 4.41. The number of H-pyrrole nitrogens is 1. The smallest absolute Gasteiger partial charge is 0.321 e. The van der Waals surface area contributed by atoms with Crippen LogP contribution in [0.3, 0.4) is 0 Å². The number of hydrogen-bond acceptors (Lipinski definition) is 4. The normalized spacial score (nSPS) is 9.31. The number of nitro groups is 1. The number of likely N-dealkylation sites (N-methyl/N-ethyl adjacent to an activating group) is 1. The lowest BCUT2D eigenvalue weighted by Gasteiger charge is -2.00. The van der Waals surface area contributed by atoms with Gasteiger partial charge in [0.05, 0.1) is 0 Å². The van der Waals surface area contributed by atoms with Gasteiger partial charge in [0.2, 0.25) is 0 Å². The molecule has 0 saturated heterocycles. The van der Waals surface area contributed by atoms with E-state index in [9.17, 15) is 14.9 Å². The Balaban J connectivity index is 0.00000225. The van der Waals surface area contributed by atoms with Gasteiger partial charge in [0.25, 0.3) is 5.91 Å². The highest BCUT2D eigenvalue weighted by molar-refractivity contribution is 5.92. The van der Waals surface area contributed by atoms with Gasteiger partial charge >= 0.3 is 5.82 Å². The molecule has 8 heteroatoms. The summed E-state index contributed by atoms with van der Waals surface area (Å²) in [5.41, 5.74) is 0.192. The average molecular weight is 249 g/mol. The van der Waals surface area contributed by atoms with E-state index in [4.69, 9.17) is 0 Å². The van der Waals surface area contributed by atoms with Crippen LogP contribution in [0.15, 0.2) is 12.1 Å². The number of carbonyl (C=O) groups excluding carboxylic acids is 1. The van der Waals surface area contributed by atoms with Crippen LogP contribution >= 0.6 is 12.4 Å². The Morgan fingerprint density at radius 3 is 2.69 bits per heavy atom. The largest absolute Gasteiger partial charge is 0.358 e. The Kier molecular flexibility index (Phi) is 6.12. The summed E-state index contributed by atoms with van der Waals surface area (Å²) >= 11 is 0. The first-order valence-corrected chi connectivity index (χ1v) is 4.41. The summed E-state index contributed by atoms with van der Waals surface area (Å²) in [5.74, 6) is -0.535. The molecule has 0 spiro atoms. The third-order valence-electron chi connectivity index (χ3n) is 1.77. The molecule has 0 radical (unpaired) electrons. The minimum atomic E-state index is -0.579. The number of rotatable bonds is 5.